The Bertz CT molecular complexity index is 718. The molecule has 138 valence electrons. The van der Waals surface area contributed by atoms with Gasteiger partial charge in [-0.25, -0.2) is 0 Å². The normalized spacial score (nSPS) is 16.1. The first-order valence-electron chi connectivity index (χ1n) is 8.74. The van der Waals surface area contributed by atoms with Gasteiger partial charge in [0, 0.05) is 10.1 Å². The van der Waals surface area contributed by atoms with Crippen molar-refractivity contribution in [2.45, 2.75) is 48.4 Å². The lowest BCUT2D eigenvalue weighted by Gasteiger charge is -2.20. The molecule has 1 N–H and O–H groups in total. The second-order valence-corrected chi connectivity index (χ2v) is 7.77. The first kappa shape index (κ1) is 18.8. The maximum absolute atomic E-state index is 12.5. The third-order valence-electron chi connectivity index (χ3n) is 4.35. The second-order valence-electron chi connectivity index (χ2n) is 6.39. The fourth-order valence-electron chi connectivity index (χ4n) is 2.92. The Morgan fingerprint density at radius 2 is 1.58 bits per heavy atom. The number of hydrogen-bond acceptors (Lipinski definition) is 3. The molecule has 0 aliphatic heterocycles. The minimum Gasteiger partial charge on any atom is -0.279 e. The third-order valence-corrected chi connectivity index (χ3v) is 5.70. The third kappa shape index (κ3) is 5.53. The van der Waals surface area contributed by atoms with Crippen LogP contribution in [0.2, 0.25) is 0 Å². The molecule has 0 heterocycles. The summed E-state index contributed by atoms with van der Waals surface area (Å²) >= 11 is 1.95. The molecule has 0 aromatic heterocycles. The molecular formula is C20H21F3N2S. The molecule has 0 saturated heterocycles. The number of alkyl halides is 3. The number of hydrogen-bond donors (Lipinski definition) is 1. The molecule has 1 saturated carbocycles. The summed E-state index contributed by atoms with van der Waals surface area (Å²) in [6.45, 7) is 0. The lowest BCUT2D eigenvalue weighted by atomic mass is 10.0. The highest BCUT2D eigenvalue weighted by Crippen LogP contribution is 2.33. The summed E-state index contributed by atoms with van der Waals surface area (Å²) in [7, 11) is 0. The lowest BCUT2D eigenvalue weighted by Crippen LogP contribution is -2.07. The van der Waals surface area contributed by atoms with Crippen LogP contribution in [0.1, 0.15) is 43.2 Å². The molecule has 0 radical (unpaired) electrons. The summed E-state index contributed by atoms with van der Waals surface area (Å²) < 4.78 is 37.6. The van der Waals surface area contributed by atoms with Crippen LogP contribution in [-0.4, -0.2) is 11.5 Å². The average Bonchev–Trinajstić information content (AvgIpc) is 2.64. The zero-order valence-electron chi connectivity index (χ0n) is 14.3. The number of rotatable bonds is 5. The number of anilines is 1. The Morgan fingerprint density at radius 1 is 0.923 bits per heavy atom. The molecule has 0 spiro atoms. The van der Waals surface area contributed by atoms with Crippen molar-refractivity contribution in [3.63, 3.8) is 0 Å². The quantitative estimate of drug-likeness (QED) is 0.470. The SMILES string of the molecule is FC(F)(F)c1ccc(NN=Cc2ccc(SC3CCCCC3)cc2)cc1. The van der Waals surface area contributed by atoms with Gasteiger partial charge in [-0.15, -0.1) is 11.8 Å². The van der Waals surface area contributed by atoms with Crippen molar-refractivity contribution < 1.29 is 13.2 Å². The van der Waals surface area contributed by atoms with Gasteiger partial charge in [-0.2, -0.15) is 18.3 Å². The summed E-state index contributed by atoms with van der Waals surface area (Å²) in [6, 6.07) is 13.0. The van der Waals surface area contributed by atoms with Crippen LogP contribution in [0.25, 0.3) is 0 Å². The van der Waals surface area contributed by atoms with E-state index in [0.29, 0.717) is 5.69 Å². The van der Waals surface area contributed by atoms with Gasteiger partial charge in [0.1, 0.15) is 0 Å². The van der Waals surface area contributed by atoms with Crippen LogP contribution in [-0.2, 0) is 6.18 Å². The van der Waals surface area contributed by atoms with Crippen molar-refractivity contribution in [1.29, 1.82) is 0 Å². The number of nitrogens with zero attached hydrogens (tertiary/aromatic N) is 1. The monoisotopic (exact) mass is 378 g/mol. The van der Waals surface area contributed by atoms with Crippen molar-refractivity contribution in [2.24, 2.45) is 5.10 Å². The van der Waals surface area contributed by atoms with Crippen molar-refractivity contribution in [3.8, 4) is 0 Å². The van der Waals surface area contributed by atoms with Gasteiger partial charge in [-0.1, -0.05) is 31.4 Å². The minimum absolute atomic E-state index is 0.513. The molecule has 2 nitrogen and oxygen atoms in total. The van der Waals surface area contributed by atoms with Crippen LogP contribution < -0.4 is 5.43 Å². The first-order chi connectivity index (χ1) is 12.5. The van der Waals surface area contributed by atoms with Crippen LogP contribution in [0.5, 0.6) is 0 Å². The van der Waals surface area contributed by atoms with E-state index in [4.69, 9.17) is 0 Å². The average molecular weight is 378 g/mol. The highest BCUT2D eigenvalue weighted by molar-refractivity contribution is 8.00. The fraction of sp³-hybridized carbons (Fsp3) is 0.350. The summed E-state index contributed by atoms with van der Waals surface area (Å²) in [4.78, 5) is 1.27. The molecular weight excluding hydrogens is 357 g/mol. The molecule has 26 heavy (non-hydrogen) atoms. The summed E-state index contributed by atoms with van der Waals surface area (Å²) in [5, 5.41) is 4.81. The molecule has 1 aliphatic carbocycles. The number of benzene rings is 2. The van der Waals surface area contributed by atoms with Gasteiger partial charge in [-0.05, 0) is 54.8 Å². The van der Waals surface area contributed by atoms with E-state index >= 15 is 0 Å². The predicted octanol–water partition coefficient (Wildman–Crippen LogP) is 6.58. The van der Waals surface area contributed by atoms with Crippen LogP contribution >= 0.6 is 11.8 Å². The molecule has 0 unspecified atom stereocenters. The molecule has 2 aromatic carbocycles. The van der Waals surface area contributed by atoms with Gasteiger partial charge in [0.25, 0.3) is 0 Å². The minimum atomic E-state index is -4.32. The largest absolute Gasteiger partial charge is 0.416 e. The van der Waals surface area contributed by atoms with Gasteiger partial charge < -0.3 is 0 Å². The topological polar surface area (TPSA) is 24.4 Å². The van der Waals surface area contributed by atoms with Crippen molar-refractivity contribution >= 4 is 23.7 Å². The maximum Gasteiger partial charge on any atom is 0.416 e. The van der Waals surface area contributed by atoms with E-state index in [-0.39, 0.29) is 0 Å². The molecule has 1 aliphatic rings. The standard InChI is InChI=1S/C20H21F3N2S/c21-20(22,23)16-8-10-17(11-9-16)25-24-14-15-6-12-19(13-7-15)26-18-4-2-1-3-5-18/h6-14,18,25H,1-5H2. The molecule has 3 rings (SSSR count). The van der Waals surface area contributed by atoms with Crippen molar-refractivity contribution in [3.05, 3.63) is 59.7 Å². The Morgan fingerprint density at radius 3 is 2.19 bits per heavy atom. The summed E-state index contributed by atoms with van der Waals surface area (Å²) in [5.41, 5.74) is 3.54. The Balaban J connectivity index is 1.52. The molecule has 0 atom stereocenters. The fourth-order valence-corrected chi connectivity index (χ4v) is 4.17. The van der Waals surface area contributed by atoms with E-state index in [1.54, 1.807) is 6.21 Å². The molecule has 6 heteroatoms. The van der Waals surface area contributed by atoms with Crippen LogP contribution in [0.3, 0.4) is 0 Å². The maximum atomic E-state index is 12.5. The highest BCUT2D eigenvalue weighted by Gasteiger charge is 2.29. The van der Waals surface area contributed by atoms with Gasteiger partial charge >= 0.3 is 6.18 Å². The zero-order chi connectivity index (χ0) is 18.4. The van der Waals surface area contributed by atoms with Crippen LogP contribution in [0, 0.1) is 0 Å². The van der Waals surface area contributed by atoms with E-state index in [9.17, 15) is 13.2 Å². The number of halogens is 3. The Labute approximate surface area is 155 Å². The molecule has 0 bridgehead atoms. The smallest absolute Gasteiger partial charge is 0.279 e. The number of hydrazone groups is 1. The van der Waals surface area contributed by atoms with E-state index in [1.807, 2.05) is 23.9 Å². The van der Waals surface area contributed by atoms with Crippen LogP contribution in [0.4, 0.5) is 18.9 Å². The number of thioether (sulfide) groups is 1. The number of nitrogens with one attached hydrogen (secondary N) is 1. The predicted molar refractivity (Wildman–Crippen MR) is 102 cm³/mol. The first-order valence-corrected chi connectivity index (χ1v) is 9.62. The van der Waals surface area contributed by atoms with E-state index in [0.717, 1.165) is 22.9 Å². The van der Waals surface area contributed by atoms with Gasteiger partial charge in [0.05, 0.1) is 17.5 Å². The molecule has 1 fully saturated rings. The van der Waals surface area contributed by atoms with E-state index < -0.39 is 11.7 Å². The Hall–Kier alpha value is -1.95. The van der Waals surface area contributed by atoms with Gasteiger partial charge in [0.2, 0.25) is 0 Å². The molecule has 0 amide bonds. The zero-order valence-corrected chi connectivity index (χ0v) is 15.1. The van der Waals surface area contributed by atoms with Gasteiger partial charge in [0.15, 0.2) is 0 Å². The van der Waals surface area contributed by atoms with E-state index in [1.165, 1.54) is 49.1 Å². The summed E-state index contributed by atoms with van der Waals surface area (Å²) in [6.07, 6.45) is 3.95. The highest BCUT2D eigenvalue weighted by atomic mass is 32.2. The van der Waals surface area contributed by atoms with Crippen molar-refractivity contribution in [2.75, 3.05) is 5.43 Å². The van der Waals surface area contributed by atoms with E-state index in [2.05, 4.69) is 22.7 Å². The Kier molecular flexibility index (Phi) is 6.25. The van der Waals surface area contributed by atoms with Crippen molar-refractivity contribution in [1.82, 2.24) is 0 Å². The lowest BCUT2D eigenvalue weighted by molar-refractivity contribution is -0.137. The van der Waals surface area contributed by atoms with Crippen LogP contribution in [0.15, 0.2) is 58.5 Å². The summed E-state index contributed by atoms with van der Waals surface area (Å²) in [5.74, 6) is 0. The molecule has 2 aromatic rings. The second kappa shape index (κ2) is 8.62. The van der Waals surface area contributed by atoms with Gasteiger partial charge in [-0.3, -0.25) is 5.43 Å².